The number of hydrogen-bond acceptors (Lipinski definition) is 10. The molecule has 0 spiro atoms. The highest BCUT2D eigenvalue weighted by molar-refractivity contribution is 7.89. The minimum atomic E-state index is -5.08. The predicted octanol–water partition coefficient (Wildman–Crippen LogP) is 3.24. The average molecular weight is 617 g/mol. The van der Waals surface area contributed by atoms with E-state index in [1.54, 1.807) is 6.20 Å². The van der Waals surface area contributed by atoms with Crippen molar-refractivity contribution in [2.45, 2.75) is 60.7 Å². The maximum atomic E-state index is 13.3. The number of rotatable bonds is 7. The number of alkyl halides is 3. The van der Waals surface area contributed by atoms with Crippen LogP contribution in [-0.4, -0.2) is 70.1 Å². The number of aliphatic hydroxyl groups excluding tert-OH is 1. The lowest BCUT2D eigenvalue weighted by Crippen LogP contribution is -2.60. The summed E-state index contributed by atoms with van der Waals surface area (Å²) in [5.74, 6) is -2.13. The lowest BCUT2D eigenvalue weighted by atomic mass is 9.69. The van der Waals surface area contributed by atoms with Gasteiger partial charge < -0.3 is 20.7 Å². The zero-order valence-corrected chi connectivity index (χ0v) is 22.7. The van der Waals surface area contributed by atoms with Crippen LogP contribution in [0.4, 0.5) is 19.0 Å². The van der Waals surface area contributed by atoms with Gasteiger partial charge in [0.05, 0.1) is 51.0 Å². The Morgan fingerprint density at radius 2 is 2.00 bits per heavy atom. The third-order valence-corrected chi connectivity index (χ3v) is 9.66. The molecule has 4 heterocycles. The van der Waals surface area contributed by atoms with Gasteiger partial charge in [-0.2, -0.15) is 13.2 Å². The minimum Gasteiger partial charge on any atom is -0.475 e. The molecule has 2 bridgehead atoms. The predicted molar refractivity (Wildman–Crippen MR) is 141 cm³/mol. The van der Waals surface area contributed by atoms with E-state index in [2.05, 4.69) is 19.7 Å². The zero-order chi connectivity index (χ0) is 32.3. The molecular formula is C25H26F3N5O6S2. The quantitative estimate of drug-likeness (QED) is 0.308. The molecule has 220 valence electrons. The maximum absolute atomic E-state index is 13.3. The van der Waals surface area contributed by atoms with Crippen molar-refractivity contribution in [3.8, 4) is 21.8 Å². The van der Waals surface area contributed by atoms with E-state index in [4.69, 9.17) is 24.5 Å². The van der Waals surface area contributed by atoms with Gasteiger partial charge in [-0.15, -0.1) is 11.3 Å². The molecule has 16 heteroatoms. The first-order valence-electron chi connectivity index (χ1n) is 13.7. The van der Waals surface area contributed by atoms with Gasteiger partial charge in [0.25, 0.3) is 0 Å². The van der Waals surface area contributed by atoms with E-state index in [9.17, 15) is 26.7 Å². The highest BCUT2D eigenvalue weighted by atomic mass is 32.2. The molecule has 4 fully saturated rings. The molecule has 2 saturated carbocycles. The van der Waals surface area contributed by atoms with Crippen LogP contribution in [0.2, 0.25) is 0 Å². The van der Waals surface area contributed by atoms with Crippen LogP contribution in [-0.2, 0) is 19.6 Å². The number of hydrogen-bond donors (Lipinski definition) is 4. The number of aromatic nitrogens is 3. The summed E-state index contributed by atoms with van der Waals surface area (Å²) in [6.45, 7) is -2.53. The van der Waals surface area contributed by atoms with Gasteiger partial charge in [0.1, 0.15) is 5.69 Å². The monoisotopic (exact) mass is 616 g/mol. The van der Waals surface area contributed by atoms with Crippen molar-refractivity contribution in [1.29, 1.82) is 0 Å². The number of nitrogens with one attached hydrogen (secondary N) is 1. The van der Waals surface area contributed by atoms with Crippen LogP contribution in [0.1, 0.15) is 46.3 Å². The molecule has 1 aromatic carbocycles. The number of aryl methyl sites for hydroxylation is 1. The fraction of sp³-hybridized carbons (Fsp3) is 0.440. The molecule has 4 aliphatic rings. The highest BCUT2D eigenvalue weighted by Gasteiger charge is 2.63. The van der Waals surface area contributed by atoms with Gasteiger partial charge in [0.15, 0.2) is 5.82 Å². The normalized spacial score (nSPS) is 24.8. The van der Waals surface area contributed by atoms with Crippen molar-refractivity contribution in [2.24, 2.45) is 0 Å². The second kappa shape index (κ2) is 10.3. The maximum Gasteiger partial charge on any atom is 0.490 e. The lowest BCUT2D eigenvalue weighted by molar-refractivity contribution is -0.192. The first-order valence-corrected chi connectivity index (χ1v) is 14.5. The number of nitrogen functional groups attached to an aromatic ring is 1. The fourth-order valence-corrected chi connectivity index (χ4v) is 7.30. The summed E-state index contributed by atoms with van der Waals surface area (Å²) in [5.41, 5.74) is 5.28. The Morgan fingerprint density at radius 3 is 2.59 bits per heavy atom. The van der Waals surface area contributed by atoms with Crippen molar-refractivity contribution in [3.05, 3.63) is 41.2 Å². The molecule has 2 saturated heterocycles. The summed E-state index contributed by atoms with van der Waals surface area (Å²) >= 11 is 1.47. The number of halogens is 3. The summed E-state index contributed by atoms with van der Waals surface area (Å²) in [5, 5.41) is 17.7. The highest BCUT2D eigenvalue weighted by Crippen LogP contribution is 2.51. The summed E-state index contributed by atoms with van der Waals surface area (Å²) in [4.78, 5) is 22.8. The van der Waals surface area contributed by atoms with E-state index < -0.39 is 40.2 Å². The Morgan fingerprint density at radius 1 is 1.29 bits per heavy atom. The van der Waals surface area contributed by atoms with Gasteiger partial charge in [-0.05, 0) is 37.4 Å². The van der Waals surface area contributed by atoms with Crippen LogP contribution in [0.5, 0.6) is 0 Å². The number of aliphatic carboxylic acids is 1. The molecule has 7 rings (SSSR count). The first-order chi connectivity index (χ1) is 20.4. The van der Waals surface area contributed by atoms with Crippen LogP contribution in [0.15, 0.2) is 35.5 Å². The Balaban J connectivity index is 0.000000493. The third-order valence-electron chi connectivity index (χ3n) is 6.92. The number of ether oxygens (including phenoxy) is 1. The molecule has 2 aliphatic heterocycles. The van der Waals surface area contributed by atoms with E-state index in [1.165, 1.54) is 35.7 Å². The number of nitrogens with zero attached hydrogens (tertiary/aromatic N) is 3. The van der Waals surface area contributed by atoms with E-state index in [-0.39, 0.29) is 40.7 Å². The fourth-order valence-electron chi connectivity index (χ4n) is 4.81. The Kier molecular flexibility index (Phi) is 6.39. The molecule has 0 amide bonds. The van der Waals surface area contributed by atoms with Crippen molar-refractivity contribution in [3.63, 3.8) is 0 Å². The van der Waals surface area contributed by atoms with Gasteiger partial charge in [0.2, 0.25) is 10.0 Å². The van der Waals surface area contributed by atoms with Crippen LogP contribution in [0, 0.1) is 6.85 Å². The van der Waals surface area contributed by atoms with Gasteiger partial charge in [-0.1, -0.05) is 6.07 Å². The summed E-state index contributed by atoms with van der Waals surface area (Å²) in [6.07, 6.45) is 0.896. The summed E-state index contributed by atoms with van der Waals surface area (Å²) in [6, 6.07) is 3.86. The van der Waals surface area contributed by atoms with Crippen molar-refractivity contribution in [1.82, 2.24) is 19.7 Å². The summed E-state index contributed by atoms with van der Waals surface area (Å²) < 4.78 is 90.8. The lowest BCUT2D eigenvalue weighted by Gasteiger charge is -2.43. The molecular weight excluding hydrogens is 587 g/mol. The second-order valence-electron chi connectivity index (χ2n) is 10.2. The largest absolute Gasteiger partial charge is 0.490 e. The molecule has 0 radical (unpaired) electrons. The standard InChI is InChI=1S/C23H25N5O4S2.C2HF3O2/c1-13-2-5-15(34(30,31)28-22-9-23(10-22,11-29)32-12-22)6-16(13)17-7-25-20(24)19(27-17)18-8-26-21(33-18)14-3-4-14;3-2(4,5)1(6)7/h2,5-8,14,28-29H,3-4,9-12H2,1H3,(H2,24,25);(H,6,7)/i1D3;. The van der Waals surface area contributed by atoms with Crippen molar-refractivity contribution in [2.75, 3.05) is 18.9 Å². The van der Waals surface area contributed by atoms with E-state index in [0.717, 1.165) is 17.8 Å². The number of thiazole rings is 1. The summed E-state index contributed by atoms with van der Waals surface area (Å²) in [7, 11) is -4.04. The number of carbonyl (C=O) groups is 1. The first kappa shape index (κ1) is 25.5. The number of nitrogens with two attached hydrogens (primary N) is 1. The molecule has 3 aromatic rings. The number of fused-ring (bicyclic) bond motifs is 1. The number of carboxylic acid groups (broad SMARTS) is 1. The number of benzene rings is 1. The molecule has 0 atom stereocenters. The van der Waals surface area contributed by atoms with Crippen LogP contribution < -0.4 is 10.5 Å². The SMILES string of the molecule is O=C(O)C(F)(F)F.[2H]C([2H])([2H])c1ccc(S(=O)(=O)NC23COC(CO)(C2)C3)cc1-c1cnc(N)c(-c2cnc(C3CC3)s2)n1. The molecule has 0 unspecified atom stereocenters. The molecule has 11 nitrogen and oxygen atoms in total. The third kappa shape index (κ3) is 5.92. The molecule has 2 aliphatic carbocycles. The van der Waals surface area contributed by atoms with Crippen molar-refractivity contribution >= 4 is 33.1 Å². The Labute approximate surface area is 240 Å². The van der Waals surface area contributed by atoms with Crippen LogP contribution in [0.25, 0.3) is 21.8 Å². The minimum absolute atomic E-state index is 0.0512. The van der Waals surface area contributed by atoms with Crippen molar-refractivity contribution < 1.29 is 45.4 Å². The zero-order valence-electron chi connectivity index (χ0n) is 24.1. The second-order valence-corrected chi connectivity index (χ2v) is 13.0. The number of sulfonamides is 1. The molecule has 2 aromatic heterocycles. The average Bonchev–Trinajstić information content (AvgIpc) is 3.39. The van der Waals surface area contributed by atoms with Crippen LogP contribution >= 0.6 is 11.3 Å². The van der Waals surface area contributed by atoms with E-state index in [1.807, 2.05) is 0 Å². The Hall–Kier alpha value is -3.18. The number of aliphatic hydroxyl groups is 1. The van der Waals surface area contributed by atoms with Gasteiger partial charge in [-0.3, -0.25) is 0 Å². The topological polar surface area (TPSA) is 178 Å². The van der Waals surface area contributed by atoms with Gasteiger partial charge in [0, 0.05) is 34.6 Å². The molecule has 5 N–H and O–H groups in total. The number of anilines is 1. The van der Waals surface area contributed by atoms with E-state index in [0.29, 0.717) is 29.3 Å². The van der Waals surface area contributed by atoms with Crippen LogP contribution in [0.3, 0.4) is 0 Å². The Bertz CT molecular complexity index is 1710. The van der Waals surface area contributed by atoms with Gasteiger partial charge in [-0.25, -0.2) is 32.9 Å². The molecule has 41 heavy (non-hydrogen) atoms. The smallest absolute Gasteiger partial charge is 0.475 e. The van der Waals surface area contributed by atoms with E-state index >= 15 is 0 Å². The number of carboxylic acids is 1. The van der Waals surface area contributed by atoms with Gasteiger partial charge >= 0.3 is 12.1 Å².